The molecule has 3 rings (SSSR count). The molecule has 0 radical (unpaired) electrons. The van der Waals surface area contributed by atoms with Gasteiger partial charge < -0.3 is 4.57 Å². The summed E-state index contributed by atoms with van der Waals surface area (Å²) in [7, 11) is 1.83. The van der Waals surface area contributed by atoms with E-state index in [1.807, 2.05) is 23.8 Å². The van der Waals surface area contributed by atoms with E-state index in [2.05, 4.69) is 4.98 Å². The number of carbonyl (C=O) groups is 1. The Hall–Kier alpha value is -3.14. The van der Waals surface area contributed by atoms with Crippen LogP contribution in [0.1, 0.15) is 27.5 Å². The normalized spacial score (nSPS) is 12.8. The van der Waals surface area contributed by atoms with E-state index in [9.17, 15) is 23.2 Å². The zero-order valence-corrected chi connectivity index (χ0v) is 13.1. The van der Waals surface area contributed by atoms with Crippen LogP contribution in [-0.2, 0) is 13.2 Å². The summed E-state index contributed by atoms with van der Waals surface area (Å²) in [6.07, 6.45) is -2.09. The summed E-state index contributed by atoms with van der Waals surface area (Å²) in [5, 5.41) is 10.1. The van der Waals surface area contributed by atoms with Gasteiger partial charge in [0.25, 0.3) is 0 Å². The minimum Gasteiger partial charge on any atom is -0.351 e. The molecule has 0 bridgehead atoms. The molecule has 0 amide bonds. The third-order valence-corrected chi connectivity index (χ3v) is 3.99. The van der Waals surface area contributed by atoms with Gasteiger partial charge in [-0.05, 0) is 24.3 Å². The molecule has 2 heterocycles. The number of carbonyl (C=O) groups excluding carboxylic acids is 1. The van der Waals surface area contributed by atoms with Crippen molar-refractivity contribution in [3.63, 3.8) is 0 Å². The number of rotatable bonds is 3. The van der Waals surface area contributed by atoms with Gasteiger partial charge in [-0.2, -0.15) is 18.4 Å². The van der Waals surface area contributed by atoms with Gasteiger partial charge in [0.1, 0.15) is 0 Å². The zero-order valence-electron chi connectivity index (χ0n) is 13.1. The first kappa shape index (κ1) is 16.7. The number of nitriles is 1. The van der Waals surface area contributed by atoms with Crippen molar-refractivity contribution < 1.29 is 18.0 Å². The molecule has 7 heteroatoms. The third-order valence-electron chi connectivity index (χ3n) is 3.99. The number of alkyl halides is 3. The number of Topliss-reactive ketones (excluding diaryl/α,β-unsaturated/α-hetero) is 1. The van der Waals surface area contributed by atoms with Gasteiger partial charge >= 0.3 is 6.18 Å². The van der Waals surface area contributed by atoms with E-state index in [1.54, 1.807) is 24.4 Å². The summed E-state index contributed by atoms with van der Waals surface area (Å²) < 4.78 is 39.7. The maximum Gasteiger partial charge on any atom is 0.417 e. The van der Waals surface area contributed by atoms with Crippen LogP contribution in [0.25, 0.3) is 10.9 Å². The highest BCUT2D eigenvalue weighted by Gasteiger charge is 2.32. The van der Waals surface area contributed by atoms with Crippen LogP contribution in [-0.4, -0.2) is 15.3 Å². The quantitative estimate of drug-likeness (QED) is 0.673. The van der Waals surface area contributed by atoms with Gasteiger partial charge in [-0.15, -0.1) is 0 Å². The molecule has 0 aliphatic heterocycles. The van der Waals surface area contributed by atoms with Gasteiger partial charge in [0, 0.05) is 35.9 Å². The van der Waals surface area contributed by atoms with Crippen LogP contribution in [0, 0.1) is 11.3 Å². The molecule has 2 aromatic heterocycles. The molecule has 0 spiro atoms. The Bertz CT molecular complexity index is 981. The van der Waals surface area contributed by atoms with Gasteiger partial charge in [-0.25, -0.2) is 0 Å². The number of ketones is 1. The first-order chi connectivity index (χ1) is 11.8. The zero-order chi connectivity index (χ0) is 18.2. The average molecular weight is 343 g/mol. The van der Waals surface area contributed by atoms with Crippen molar-refractivity contribution in [3.8, 4) is 6.07 Å². The number of hydrogen-bond donors (Lipinski definition) is 0. The molecule has 4 nitrogen and oxygen atoms in total. The Labute approximate surface area is 141 Å². The van der Waals surface area contributed by atoms with Crippen LogP contribution in [0.3, 0.4) is 0 Å². The fourth-order valence-corrected chi connectivity index (χ4v) is 2.68. The largest absolute Gasteiger partial charge is 0.417 e. The molecule has 0 fully saturated rings. The summed E-state index contributed by atoms with van der Waals surface area (Å²) >= 11 is 0. The van der Waals surface area contributed by atoms with E-state index >= 15 is 0 Å². The molecule has 0 N–H and O–H groups in total. The molecule has 1 unspecified atom stereocenters. The number of nitrogens with zero attached hydrogens (tertiary/aromatic N) is 3. The molecule has 3 aromatic rings. The van der Waals surface area contributed by atoms with Crippen molar-refractivity contribution >= 4 is 16.7 Å². The van der Waals surface area contributed by atoms with Crippen molar-refractivity contribution in [2.45, 2.75) is 12.1 Å². The summed E-state index contributed by atoms with van der Waals surface area (Å²) in [5.74, 6) is -1.76. The predicted molar refractivity (Wildman–Crippen MR) is 84.8 cm³/mol. The summed E-state index contributed by atoms with van der Waals surface area (Å²) in [5.41, 5.74) is 0.230. The first-order valence-corrected chi connectivity index (χ1v) is 7.34. The number of aromatic nitrogens is 2. The smallest absolute Gasteiger partial charge is 0.351 e. The van der Waals surface area contributed by atoms with Crippen LogP contribution in [0.2, 0.25) is 0 Å². The standard InChI is InChI=1S/C18H12F3N3O/c1-24-8-7-12-13(3-2-4-16(12)24)17(25)14(9-22)15-6-5-11(10-23-15)18(19,20)21/h2-8,10,14H,1H3. The maximum atomic E-state index is 12.8. The lowest BCUT2D eigenvalue weighted by Crippen LogP contribution is -2.14. The van der Waals surface area contributed by atoms with E-state index in [0.717, 1.165) is 17.6 Å². The van der Waals surface area contributed by atoms with Crippen molar-refractivity contribution in [2.24, 2.45) is 7.05 Å². The number of fused-ring (bicyclic) bond motifs is 1. The molecular weight excluding hydrogens is 331 g/mol. The second-order valence-corrected chi connectivity index (χ2v) is 5.56. The fourth-order valence-electron chi connectivity index (χ4n) is 2.68. The highest BCUT2D eigenvalue weighted by Crippen LogP contribution is 2.30. The average Bonchev–Trinajstić information content (AvgIpc) is 2.96. The lowest BCUT2D eigenvalue weighted by atomic mass is 9.93. The van der Waals surface area contributed by atoms with Gasteiger partial charge in [0.05, 0.1) is 17.3 Å². The minimum absolute atomic E-state index is 0.00608. The van der Waals surface area contributed by atoms with Crippen molar-refractivity contribution in [1.29, 1.82) is 5.26 Å². The number of aryl methyl sites for hydroxylation is 1. The van der Waals surface area contributed by atoms with Crippen molar-refractivity contribution in [3.05, 3.63) is 65.6 Å². The van der Waals surface area contributed by atoms with Crippen LogP contribution >= 0.6 is 0 Å². The Morgan fingerprint density at radius 1 is 1.24 bits per heavy atom. The van der Waals surface area contributed by atoms with E-state index in [1.165, 1.54) is 0 Å². The number of pyridine rings is 1. The monoisotopic (exact) mass is 343 g/mol. The summed E-state index contributed by atoms with van der Waals surface area (Å²) in [4.78, 5) is 16.5. The van der Waals surface area contributed by atoms with Gasteiger partial charge in [0.2, 0.25) is 0 Å². The first-order valence-electron chi connectivity index (χ1n) is 7.34. The molecule has 25 heavy (non-hydrogen) atoms. The number of benzene rings is 1. The molecule has 126 valence electrons. The number of halogens is 3. The lowest BCUT2D eigenvalue weighted by Gasteiger charge is -2.11. The fraction of sp³-hybridized carbons (Fsp3) is 0.167. The Morgan fingerprint density at radius 2 is 2.00 bits per heavy atom. The maximum absolute atomic E-state index is 12.8. The van der Waals surface area contributed by atoms with E-state index < -0.39 is 23.4 Å². The van der Waals surface area contributed by atoms with Crippen molar-refractivity contribution in [2.75, 3.05) is 0 Å². The van der Waals surface area contributed by atoms with Crippen LogP contribution in [0.4, 0.5) is 13.2 Å². The predicted octanol–water partition coefficient (Wildman–Crippen LogP) is 4.08. The Balaban J connectivity index is 2.00. The summed E-state index contributed by atoms with van der Waals surface area (Å²) in [6, 6.07) is 10.6. The second kappa shape index (κ2) is 6.06. The summed E-state index contributed by atoms with van der Waals surface area (Å²) in [6.45, 7) is 0. The Morgan fingerprint density at radius 3 is 2.60 bits per heavy atom. The van der Waals surface area contributed by atoms with E-state index in [4.69, 9.17) is 0 Å². The minimum atomic E-state index is -4.52. The molecule has 1 atom stereocenters. The van der Waals surface area contributed by atoms with Gasteiger partial charge in [-0.1, -0.05) is 12.1 Å². The number of hydrogen-bond acceptors (Lipinski definition) is 3. The van der Waals surface area contributed by atoms with Crippen molar-refractivity contribution in [1.82, 2.24) is 9.55 Å². The molecule has 0 saturated heterocycles. The highest BCUT2D eigenvalue weighted by atomic mass is 19.4. The topological polar surface area (TPSA) is 58.7 Å². The van der Waals surface area contributed by atoms with Crippen LogP contribution < -0.4 is 0 Å². The van der Waals surface area contributed by atoms with E-state index in [0.29, 0.717) is 17.1 Å². The highest BCUT2D eigenvalue weighted by molar-refractivity contribution is 6.11. The molecule has 0 saturated carbocycles. The van der Waals surface area contributed by atoms with E-state index in [-0.39, 0.29) is 5.69 Å². The third kappa shape index (κ3) is 2.98. The van der Waals surface area contributed by atoms with Crippen LogP contribution in [0.15, 0.2) is 48.8 Å². The van der Waals surface area contributed by atoms with Gasteiger partial charge in [0.15, 0.2) is 11.7 Å². The molecule has 0 aliphatic rings. The lowest BCUT2D eigenvalue weighted by molar-refractivity contribution is -0.137. The SMILES string of the molecule is Cn1ccc2c(C(=O)C(C#N)c3ccc(C(F)(F)F)cn3)cccc21. The second-order valence-electron chi connectivity index (χ2n) is 5.56. The molecular formula is C18H12F3N3O. The van der Waals surface area contributed by atoms with Gasteiger partial charge in [-0.3, -0.25) is 9.78 Å². The molecule has 0 aliphatic carbocycles. The van der Waals surface area contributed by atoms with Crippen LogP contribution in [0.5, 0.6) is 0 Å². The molecule has 1 aromatic carbocycles. The Kier molecular flexibility index (Phi) is 4.05.